The van der Waals surface area contributed by atoms with Crippen LogP contribution in [0.4, 0.5) is 5.13 Å². The molecule has 1 amide bonds. The first-order valence-corrected chi connectivity index (χ1v) is 11.1. The van der Waals surface area contributed by atoms with Crippen LogP contribution in [0.3, 0.4) is 0 Å². The van der Waals surface area contributed by atoms with Crippen molar-refractivity contribution in [1.82, 2.24) is 9.88 Å². The van der Waals surface area contributed by atoms with Crippen LogP contribution in [0.5, 0.6) is 5.75 Å². The Morgan fingerprint density at radius 1 is 1.23 bits per heavy atom. The van der Waals surface area contributed by atoms with E-state index >= 15 is 0 Å². The zero-order chi connectivity index (χ0) is 21.1. The van der Waals surface area contributed by atoms with E-state index in [4.69, 9.17) is 37.7 Å². The zero-order valence-corrected chi connectivity index (χ0v) is 18.8. The SMILES string of the molecule is COc1ccc2nc(N(CCN3CCOCC3)C(=O)c3cc(Cl)ccc3Cl)sc2c1. The van der Waals surface area contributed by atoms with Gasteiger partial charge in [0, 0.05) is 31.2 Å². The molecule has 0 N–H and O–H groups in total. The maximum absolute atomic E-state index is 13.5. The third-order valence-corrected chi connectivity index (χ3v) is 6.57. The molecule has 1 aliphatic rings. The smallest absolute Gasteiger partial charge is 0.261 e. The number of nitrogens with zero attached hydrogens (tertiary/aromatic N) is 3. The molecule has 4 rings (SSSR count). The molecule has 2 heterocycles. The van der Waals surface area contributed by atoms with E-state index in [1.807, 2.05) is 18.2 Å². The molecule has 0 radical (unpaired) electrons. The summed E-state index contributed by atoms with van der Waals surface area (Å²) in [4.78, 5) is 22.1. The van der Waals surface area contributed by atoms with Crippen LogP contribution in [0.2, 0.25) is 10.0 Å². The Morgan fingerprint density at radius 2 is 2.03 bits per heavy atom. The van der Waals surface area contributed by atoms with Crippen molar-refractivity contribution < 1.29 is 14.3 Å². The maximum atomic E-state index is 13.5. The summed E-state index contributed by atoms with van der Waals surface area (Å²) in [6.45, 7) is 4.29. The number of methoxy groups -OCH3 is 1. The summed E-state index contributed by atoms with van der Waals surface area (Å²) in [5.41, 5.74) is 1.18. The van der Waals surface area contributed by atoms with Crippen molar-refractivity contribution in [1.29, 1.82) is 0 Å². The van der Waals surface area contributed by atoms with Crippen LogP contribution in [-0.4, -0.2) is 62.3 Å². The molecule has 0 aliphatic carbocycles. The number of anilines is 1. The largest absolute Gasteiger partial charge is 0.497 e. The van der Waals surface area contributed by atoms with Gasteiger partial charge in [0.05, 0.1) is 41.1 Å². The molecule has 9 heteroatoms. The second kappa shape index (κ2) is 9.49. The number of rotatable bonds is 6. The first kappa shape index (κ1) is 21.3. The number of ether oxygens (including phenoxy) is 2. The average molecular weight is 466 g/mol. The molecule has 0 saturated carbocycles. The average Bonchev–Trinajstić information content (AvgIpc) is 3.19. The van der Waals surface area contributed by atoms with E-state index < -0.39 is 0 Å². The van der Waals surface area contributed by atoms with E-state index in [2.05, 4.69) is 4.90 Å². The fraction of sp³-hybridized carbons (Fsp3) is 0.333. The fourth-order valence-corrected chi connectivity index (χ4v) is 4.68. The van der Waals surface area contributed by atoms with E-state index in [-0.39, 0.29) is 5.91 Å². The Bertz CT molecular complexity index is 1050. The normalized spacial score (nSPS) is 14.8. The van der Waals surface area contributed by atoms with E-state index in [9.17, 15) is 4.79 Å². The Balaban J connectivity index is 1.67. The van der Waals surface area contributed by atoms with Crippen LogP contribution in [0.15, 0.2) is 36.4 Å². The Labute approximate surface area is 188 Å². The number of hydrogen-bond acceptors (Lipinski definition) is 6. The highest BCUT2D eigenvalue weighted by Gasteiger charge is 2.24. The van der Waals surface area contributed by atoms with Crippen LogP contribution in [-0.2, 0) is 4.74 Å². The molecule has 0 spiro atoms. The fourth-order valence-electron chi connectivity index (χ4n) is 3.29. The van der Waals surface area contributed by atoms with Crippen molar-refractivity contribution in [3.8, 4) is 5.75 Å². The van der Waals surface area contributed by atoms with Gasteiger partial charge in [0.1, 0.15) is 5.75 Å². The Morgan fingerprint density at radius 3 is 2.80 bits per heavy atom. The first-order valence-electron chi connectivity index (χ1n) is 9.57. The molecule has 1 aromatic heterocycles. The predicted molar refractivity (Wildman–Crippen MR) is 122 cm³/mol. The third-order valence-electron chi connectivity index (χ3n) is 4.96. The summed E-state index contributed by atoms with van der Waals surface area (Å²) in [5.74, 6) is 0.531. The summed E-state index contributed by atoms with van der Waals surface area (Å²) in [7, 11) is 1.63. The van der Waals surface area contributed by atoms with Crippen LogP contribution in [0.1, 0.15) is 10.4 Å². The van der Waals surface area contributed by atoms with Gasteiger partial charge >= 0.3 is 0 Å². The summed E-state index contributed by atoms with van der Waals surface area (Å²) >= 11 is 13.9. The van der Waals surface area contributed by atoms with E-state index in [0.29, 0.717) is 47.0 Å². The number of fused-ring (bicyclic) bond motifs is 1. The third kappa shape index (κ3) is 4.71. The van der Waals surface area contributed by atoms with Crippen LogP contribution in [0.25, 0.3) is 10.2 Å². The minimum Gasteiger partial charge on any atom is -0.497 e. The molecule has 3 aromatic rings. The minimum absolute atomic E-state index is 0.221. The molecule has 6 nitrogen and oxygen atoms in total. The monoisotopic (exact) mass is 465 g/mol. The van der Waals surface area contributed by atoms with Crippen LogP contribution >= 0.6 is 34.5 Å². The number of thiazole rings is 1. The van der Waals surface area contributed by atoms with Crippen molar-refractivity contribution in [2.24, 2.45) is 0 Å². The van der Waals surface area contributed by atoms with Gasteiger partial charge in [-0.15, -0.1) is 0 Å². The molecular formula is C21H21Cl2N3O3S. The minimum atomic E-state index is -0.221. The van der Waals surface area contributed by atoms with Gasteiger partial charge in [-0.25, -0.2) is 4.98 Å². The topological polar surface area (TPSA) is 54.9 Å². The predicted octanol–water partition coefficient (Wildman–Crippen LogP) is 4.59. The van der Waals surface area contributed by atoms with Gasteiger partial charge in [0.2, 0.25) is 0 Å². The van der Waals surface area contributed by atoms with E-state index in [1.54, 1.807) is 30.2 Å². The summed E-state index contributed by atoms with van der Waals surface area (Å²) < 4.78 is 11.7. The van der Waals surface area contributed by atoms with Gasteiger partial charge in [-0.2, -0.15) is 0 Å². The molecule has 1 fully saturated rings. The summed E-state index contributed by atoms with van der Waals surface area (Å²) in [6.07, 6.45) is 0. The lowest BCUT2D eigenvalue weighted by molar-refractivity contribution is 0.0391. The highest BCUT2D eigenvalue weighted by Crippen LogP contribution is 2.33. The molecule has 0 unspecified atom stereocenters. The van der Waals surface area contributed by atoms with E-state index in [0.717, 1.165) is 29.1 Å². The van der Waals surface area contributed by atoms with Gasteiger partial charge in [-0.3, -0.25) is 14.6 Å². The maximum Gasteiger partial charge on any atom is 0.261 e. The Kier molecular flexibility index (Phi) is 6.75. The Hall–Kier alpha value is -1.90. The molecule has 1 aliphatic heterocycles. The number of morpholine rings is 1. The van der Waals surface area contributed by atoms with Crippen LogP contribution in [0, 0.1) is 0 Å². The lowest BCUT2D eigenvalue weighted by atomic mass is 10.2. The van der Waals surface area contributed by atoms with Gasteiger partial charge in [-0.05, 0) is 36.4 Å². The van der Waals surface area contributed by atoms with Crippen molar-refractivity contribution in [3.05, 3.63) is 52.0 Å². The lowest BCUT2D eigenvalue weighted by Gasteiger charge is -2.29. The van der Waals surface area contributed by atoms with E-state index in [1.165, 1.54) is 11.3 Å². The second-order valence-electron chi connectivity index (χ2n) is 6.87. The number of carbonyl (C=O) groups is 1. The number of carbonyl (C=O) groups excluding carboxylic acids is 1. The van der Waals surface area contributed by atoms with Gasteiger partial charge < -0.3 is 9.47 Å². The molecule has 158 valence electrons. The molecule has 0 atom stereocenters. The molecule has 0 bridgehead atoms. The molecular weight excluding hydrogens is 445 g/mol. The number of benzene rings is 2. The second-order valence-corrected chi connectivity index (χ2v) is 8.72. The highest BCUT2D eigenvalue weighted by molar-refractivity contribution is 7.22. The van der Waals surface area contributed by atoms with Crippen molar-refractivity contribution in [2.45, 2.75) is 0 Å². The van der Waals surface area contributed by atoms with Crippen molar-refractivity contribution in [2.75, 3.05) is 51.4 Å². The van der Waals surface area contributed by atoms with Crippen molar-refractivity contribution >= 4 is 55.8 Å². The lowest BCUT2D eigenvalue weighted by Crippen LogP contribution is -2.43. The molecule has 2 aromatic carbocycles. The number of hydrogen-bond donors (Lipinski definition) is 0. The number of aromatic nitrogens is 1. The number of amides is 1. The van der Waals surface area contributed by atoms with Crippen molar-refractivity contribution in [3.63, 3.8) is 0 Å². The van der Waals surface area contributed by atoms with Gasteiger partial charge in [0.15, 0.2) is 5.13 Å². The molecule has 30 heavy (non-hydrogen) atoms. The number of halogens is 2. The first-order chi connectivity index (χ1) is 14.5. The highest BCUT2D eigenvalue weighted by atomic mass is 35.5. The quantitative estimate of drug-likeness (QED) is 0.532. The van der Waals surface area contributed by atoms with Gasteiger partial charge in [0.25, 0.3) is 5.91 Å². The zero-order valence-electron chi connectivity index (χ0n) is 16.4. The summed E-state index contributed by atoms with van der Waals surface area (Å²) in [6, 6.07) is 10.6. The van der Waals surface area contributed by atoms with Crippen LogP contribution < -0.4 is 9.64 Å². The van der Waals surface area contributed by atoms with Gasteiger partial charge in [-0.1, -0.05) is 34.5 Å². The standard InChI is InChI=1S/C21H21Cl2N3O3S/c1-28-15-3-5-18-19(13-15)30-21(24-18)26(7-6-25-8-10-29-11-9-25)20(27)16-12-14(22)2-4-17(16)23/h2-5,12-13H,6-11H2,1H3. The summed E-state index contributed by atoms with van der Waals surface area (Å²) in [5, 5.41) is 1.45. The molecule has 1 saturated heterocycles.